The van der Waals surface area contributed by atoms with Crippen molar-refractivity contribution in [3.05, 3.63) is 46.0 Å². The minimum absolute atomic E-state index is 0.0607. The first-order valence-electron chi connectivity index (χ1n) is 5.21. The van der Waals surface area contributed by atoms with E-state index >= 15 is 0 Å². The summed E-state index contributed by atoms with van der Waals surface area (Å²) < 4.78 is 4.94. The van der Waals surface area contributed by atoms with Gasteiger partial charge in [0.15, 0.2) is 0 Å². The van der Waals surface area contributed by atoms with Crippen LogP contribution in [0, 0.1) is 0 Å². The number of rotatable bonds is 1. The largest absolute Gasteiger partial charge is 0.472 e. The molecule has 3 nitrogen and oxygen atoms in total. The number of carbonyl (C=O) groups is 1. The Labute approximate surface area is 97.3 Å². The summed E-state index contributed by atoms with van der Waals surface area (Å²) in [6.07, 6.45) is 4.01. The molecule has 0 aliphatic carbocycles. The fourth-order valence-corrected chi connectivity index (χ4v) is 2.88. The Kier molecular flexibility index (Phi) is 2.29. The van der Waals surface area contributed by atoms with Gasteiger partial charge < -0.3 is 9.32 Å². The molecule has 16 heavy (non-hydrogen) atoms. The van der Waals surface area contributed by atoms with Crippen LogP contribution in [0.4, 0.5) is 0 Å². The molecule has 0 spiro atoms. The van der Waals surface area contributed by atoms with E-state index in [9.17, 15) is 4.79 Å². The number of furan rings is 1. The van der Waals surface area contributed by atoms with Gasteiger partial charge in [-0.2, -0.15) is 0 Å². The molecule has 3 rings (SSSR count). The summed E-state index contributed by atoms with van der Waals surface area (Å²) >= 11 is 1.78. The third-order valence-corrected chi connectivity index (χ3v) is 3.89. The van der Waals surface area contributed by atoms with E-state index in [1.807, 2.05) is 4.90 Å². The maximum atomic E-state index is 12.1. The van der Waals surface area contributed by atoms with E-state index < -0.39 is 0 Å². The third-order valence-electron chi connectivity index (χ3n) is 2.86. The van der Waals surface area contributed by atoms with Crippen molar-refractivity contribution >= 4 is 17.2 Å². The molecule has 4 heteroatoms. The second-order valence-electron chi connectivity index (χ2n) is 3.86. The Bertz CT molecular complexity index is 501. The van der Waals surface area contributed by atoms with Gasteiger partial charge >= 0.3 is 0 Å². The number of fused-ring (bicyclic) bond motifs is 1. The zero-order valence-electron chi connectivity index (χ0n) is 8.68. The van der Waals surface area contributed by atoms with Gasteiger partial charge in [-0.25, -0.2) is 0 Å². The molecule has 2 aromatic heterocycles. The normalized spacial score (nSPS) is 14.9. The summed E-state index contributed by atoms with van der Waals surface area (Å²) in [5, 5.41) is 2.09. The van der Waals surface area contributed by atoms with Gasteiger partial charge in [-0.3, -0.25) is 4.79 Å². The van der Waals surface area contributed by atoms with Crippen LogP contribution in [0.25, 0.3) is 0 Å². The standard InChI is InChI=1S/C12H11NO2S/c14-12(10-2-5-15-8-10)13-4-1-11-9(7-13)3-6-16-11/h2-3,5-6,8H,1,4,7H2. The molecule has 1 aliphatic heterocycles. The number of hydrogen-bond acceptors (Lipinski definition) is 3. The first-order chi connectivity index (χ1) is 7.84. The lowest BCUT2D eigenvalue weighted by molar-refractivity contribution is 0.0735. The van der Waals surface area contributed by atoms with Crippen LogP contribution in [-0.4, -0.2) is 17.4 Å². The van der Waals surface area contributed by atoms with Crippen LogP contribution in [0.1, 0.15) is 20.8 Å². The van der Waals surface area contributed by atoms with Gasteiger partial charge in [0, 0.05) is 18.0 Å². The van der Waals surface area contributed by atoms with Gasteiger partial charge in [-0.1, -0.05) is 0 Å². The van der Waals surface area contributed by atoms with Crippen molar-refractivity contribution in [1.82, 2.24) is 4.90 Å². The van der Waals surface area contributed by atoms with Crippen molar-refractivity contribution < 1.29 is 9.21 Å². The van der Waals surface area contributed by atoms with Crippen LogP contribution in [-0.2, 0) is 13.0 Å². The topological polar surface area (TPSA) is 33.5 Å². The Morgan fingerprint density at radius 1 is 1.44 bits per heavy atom. The predicted molar refractivity (Wildman–Crippen MR) is 61.5 cm³/mol. The number of thiophene rings is 1. The molecule has 1 aliphatic rings. The van der Waals surface area contributed by atoms with Crippen molar-refractivity contribution in [1.29, 1.82) is 0 Å². The lowest BCUT2D eigenvalue weighted by Gasteiger charge is -2.26. The van der Waals surface area contributed by atoms with E-state index in [1.165, 1.54) is 23.0 Å². The third kappa shape index (κ3) is 1.55. The van der Waals surface area contributed by atoms with Gasteiger partial charge in [0.25, 0.3) is 5.91 Å². The number of carbonyl (C=O) groups excluding carboxylic acids is 1. The van der Waals surface area contributed by atoms with Crippen LogP contribution in [0.3, 0.4) is 0 Å². The number of amides is 1. The average Bonchev–Trinajstić information content (AvgIpc) is 2.98. The van der Waals surface area contributed by atoms with Crippen molar-refractivity contribution in [2.45, 2.75) is 13.0 Å². The first kappa shape index (κ1) is 9.66. The first-order valence-corrected chi connectivity index (χ1v) is 6.09. The maximum Gasteiger partial charge on any atom is 0.257 e. The molecular formula is C12H11NO2S. The molecule has 0 unspecified atom stereocenters. The van der Waals surface area contributed by atoms with Crippen molar-refractivity contribution in [3.63, 3.8) is 0 Å². The van der Waals surface area contributed by atoms with Crippen molar-refractivity contribution in [3.8, 4) is 0 Å². The molecule has 0 fully saturated rings. The second-order valence-corrected chi connectivity index (χ2v) is 4.86. The van der Waals surface area contributed by atoms with E-state index in [2.05, 4.69) is 11.4 Å². The van der Waals surface area contributed by atoms with E-state index in [0.29, 0.717) is 5.56 Å². The molecule has 3 heterocycles. The summed E-state index contributed by atoms with van der Waals surface area (Å²) in [6.45, 7) is 1.53. The molecule has 0 N–H and O–H groups in total. The molecule has 0 aromatic carbocycles. The van der Waals surface area contributed by atoms with Crippen LogP contribution in [0.15, 0.2) is 34.5 Å². The number of nitrogens with zero attached hydrogens (tertiary/aromatic N) is 1. The molecule has 82 valence electrons. The zero-order chi connectivity index (χ0) is 11.0. The molecule has 0 bridgehead atoms. The Morgan fingerprint density at radius 3 is 3.19 bits per heavy atom. The minimum Gasteiger partial charge on any atom is -0.472 e. The molecule has 0 saturated carbocycles. The van der Waals surface area contributed by atoms with E-state index in [-0.39, 0.29) is 5.91 Å². The van der Waals surface area contributed by atoms with Crippen molar-refractivity contribution in [2.75, 3.05) is 6.54 Å². The summed E-state index contributed by atoms with van der Waals surface area (Å²) in [7, 11) is 0. The van der Waals surface area contributed by atoms with Gasteiger partial charge in [-0.05, 0) is 29.5 Å². The predicted octanol–water partition coefficient (Wildman–Crippen LogP) is 2.54. The smallest absolute Gasteiger partial charge is 0.257 e. The zero-order valence-corrected chi connectivity index (χ0v) is 9.50. The summed E-state index contributed by atoms with van der Waals surface area (Å²) in [4.78, 5) is 15.3. The Hall–Kier alpha value is -1.55. The summed E-state index contributed by atoms with van der Waals surface area (Å²) in [5.74, 6) is 0.0607. The highest BCUT2D eigenvalue weighted by atomic mass is 32.1. The highest BCUT2D eigenvalue weighted by Gasteiger charge is 2.22. The fraction of sp³-hybridized carbons (Fsp3) is 0.250. The molecular weight excluding hydrogens is 222 g/mol. The lowest BCUT2D eigenvalue weighted by Crippen LogP contribution is -2.35. The molecule has 2 aromatic rings. The Balaban J connectivity index is 1.81. The average molecular weight is 233 g/mol. The summed E-state index contributed by atoms with van der Waals surface area (Å²) in [6, 6.07) is 3.82. The van der Waals surface area contributed by atoms with Gasteiger partial charge in [0.1, 0.15) is 6.26 Å². The Morgan fingerprint density at radius 2 is 2.38 bits per heavy atom. The SMILES string of the molecule is O=C(c1ccoc1)N1CCc2sccc2C1. The molecule has 0 radical (unpaired) electrons. The van der Waals surface area contributed by atoms with Gasteiger partial charge in [0.2, 0.25) is 0 Å². The molecule has 0 atom stereocenters. The van der Waals surface area contributed by atoms with Crippen LogP contribution < -0.4 is 0 Å². The lowest BCUT2D eigenvalue weighted by atomic mass is 10.1. The van der Waals surface area contributed by atoms with Gasteiger partial charge in [0.05, 0.1) is 11.8 Å². The summed E-state index contributed by atoms with van der Waals surface area (Å²) in [5.41, 5.74) is 1.92. The van der Waals surface area contributed by atoms with E-state index in [1.54, 1.807) is 17.4 Å². The van der Waals surface area contributed by atoms with E-state index in [0.717, 1.165) is 19.5 Å². The van der Waals surface area contributed by atoms with Crippen molar-refractivity contribution in [2.24, 2.45) is 0 Å². The minimum atomic E-state index is 0.0607. The van der Waals surface area contributed by atoms with Crippen LogP contribution in [0.5, 0.6) is 0 Å². The maximum absolute atomic E-state index is 12.1. The second kappa shape index (κ2) is 3.79. The monoisotopic (exact) mass is 233 g/mol. The van der Waals surface area contributed by atoms with Crippen LogP contribution in [0.2, 0.25) is 0 Å². The van der Waals surface area contributed by atoms with E-state index in [4.69, 9.17) is 4.42 Å². The number of hydrogen-bond donors (Lipinski definition) is 0. The molecule has 1 amide bonds. The van der Waals surface area contributed by atoms with Gasteiger partial charge in [-0.15, -0.1) is 11.3 Å². The highest BCUT2D eigenvalue weighted by molar-refractivity contribution is 7.10. The quantitative estimate of drug-likeness (QED) is 0.758. The van der Waals surface area contributed by atoms with Crippen LogP contribution >= 0.6 is 11.3 Å². The highest BCUT2D eigenvalue weighted by Crippen LogP contribution is 2.24. The fourth-order valence-electron chi connectivity index (χ4n) is 1.99. The molecule has 0 saturated heterocycles.